The molecule has 1 aliphatic rings. The summed E-state index contributed by atoms with van der Waals surface area (Å²) >= 11 is 0. The first kappa shape index (κ1) is 22.8. The highest BCUT2D eigenvalue weighted by Gasteiger charge is 2.37. The van der Waals surface area contributed by atoms with Crippen LogP contribution >= 0.6 is 0 Å². The molecule has 0 unspecified atom stereocenters. The fourth-order valence-electron chi connectivity index (χ4n) is 4.75. The summed E-state index contributed by atoms with van der Waals surface area (Å²) in [6.45, 7) is 0.351. The molecule has 0 spiro atoms. The van der Waals surface area contributed by atoms with Crippen molar-refractivity contribution in [2.75, 3.05) is 0 Å². The number of nitrogens with one attached hydrogen (secondary N) is 2. The highest BCUT2D eigenvalue weighted by atomic mass is 19.1. The number of benzene rings is 3. The van der Waals surface area contributed by atoms with Crippen molar-refractivity contribution in [3.8, 4) is 5.69 Å². The van der Waals surface area contributed by atoms with Crippen molar-refractivity contribution in [2.24, 2.45) is 0 Å². The van der Waals surface area contributed by atoms with E-state index in [1.165, 1.54) is 22.9 Å². The third-order valence-electron chi connectivity index (χ3n) is 6.64. The molecule has 6 nitrogen and oxygen atoms in total. The van der Waals surface area contributed by atoms with E-state index in [2.05, 4.69) is 46.1 Å². The quantitative estimate of drug-likeness (QED) is 0.399. The van der Waals surface area contributed by atoms with E-state index in [1.54, 1.807) is 23.0 Å². The molecule has 35 heavy (non-hydrogen) atoms. The third-order valence-corrected chi connectivity index (χ3v) is 6.64. The van der Waals surface area contributed by atoms with Crippen LogP contribution in [0.2, 0.25) is 0 Å². The Kier molecular flexibility index (Phi) is 6.31. The average Bonchev–Trinajstić information content (AvgIpc) is 3.49. The Balaban J connectivity index is 1.19. The molecule has 2 N–H and O–H groups in total. The van der Waals surface area contributed by atoms with Crippen LogP contribution < -0.4 is 10.6 Å². The van der Waals surface area contributed by atoms with Crippen LogP contribution in [0.1, 0.15) is 36.8 Å². The van der Waals surface area contributed by atoms with Crippen LogP contribution in [0.5, 0.6) is 0 Å². The first-order valence-corrected chi connectivity index (χ1v) is 11.8. The highest BCUT2D eigenvalue weighted by Crippen LogP contribution is 2.30. The standard InChI is InChI=1S/C28H27FN4O2/c29-24-7-9-25(10-8-24)33-19-21(18-31-33)17-30-26(34)11-13-28(14-12-27(35)32-28)16-20-5-6-22-3-1-2-4-23(22)15-20/h1-10,15,18-19H,11-14,16-17H2,(H,30,34)(H,32,35)/t28-/m0/s1. The van der Waals surface area contributed by atoms with E-state index in [9.17, 15) is 14.0 Å². The number of amides is 2. The van der Waals surface area contributed by atoms with Crippen LogP contribution in [0.4, 0.5) is 4.39 Å². The molecule has 5 rings (SSSR count). The first-order chi connectivity index (χ1) is 17.0. The number of carbonyl (C=O) groups is 2. The molecule has 1 aromatic heterocycles. The molecule has 0 saturated carbocycles. The number of hydrogen-bond acceptors (Lipinski definition) is 3. The van der Waals surface area contributed by atoms with Crippen molar-refractivity contribution in [2.45, 2.75) is 44.2 Å². The van der Waals surface area contributed by atoms with Gasteiger partial charge in [-0.2, -0.15) is 5.10 Å². The van der Waals surface area contributed by atoms with Crippen molar-refractivity contribution in [1.82, 2.24) is 20.4 Å². The Morgan fingerprint density at radius 3 is 2.63 bits per heavy atom. The summed E-state index contributed by atoms with van der Waals surface area (Å²) in [4.78, 5) is 24.8. The van der Waals surface area contributed by atoms with E-state index in [0.29, 0.717) is 32.2 Å². The molecule has 178 valence electrons. The SMILES string of the molecule is O=C(CC[C@@]1(Cc2ccc3ccccc3c2)CCC(=O)N1)NCc1cnn(-c2ccc(F)cc2)c1. The summed E-state index contributed by atoms with van der Waals surface area (Å²) < 4.78 is 14.8. The summed E-state index contributed by atoms with van der Waals surface area (Å²) in [5.74, 6) is -0.330. The number of fused-ring (bicyclic) bond motifs is 1. The smallest absolute Gasteiger partial charge is 0.220 e. The predicted octanol–water partition coefficient (Wildman–Crippen LogP) is 4.45. The van der Waals surface area contributed by atoms with Crippen LogP contribution in [0.15, 0.2) is 79.1 Å². The van der Waals surface area contributed by atoms with Gasteiger partial charge in [-0.3, -0.25) is 9.59 Å². The lowest BCUT2D eigenvalue weighted by atomic mass is 9.84. The Hall–Kier alpha value is -4.00. The van der Waals surface area contributed by atoms with Crippen LogP contribution in [0, 0.1) is 5.82 Å². The van der Waals surface area contributed by atoms with Crippen molar-refractivity contribution in [3.05, 3.63) is 96.1 Å². The minimum atomic E-state index is -0.412. The molecule has 1 aliphatic heterocycles. The van der Waals surface area contributed by atoms with E-state index in [0.717, 1.165) is 23.2 Å². The van der Waals surface area contributed by atoms with E-state index in [-0.39, 0.29) is 17.6 Å². The van der Waals surface area contributed by atoms with Gasteiger partial charge in [0.2, 0.25) is 11.8 Å². The summed E-state index contributed by atoms with van der Waals surface area (Å²) in [6, 6.07) is 20.7. The molecular weight excluding hydrogens is 443 g/mol. The maximum atomic E-state index is 13.1. The third kappa shape index (κ3) is 5.40. The van der Waals surface area contributed by atoms with Gasteiger partial charge in [0.05, 0.1) is 11.9 Å². The van der Waals surface area contributed by atoms with Crippen molar-refractivity contribution < 1.29 is 14.0 Å². The van der Waals surface area contributed by atoms with Gasteiger partial charge in [-0.15, -0.1) is 0 Å². The van der Waals surface area contributed by atoms with Gasteiger partial charge >= 0.3 is 0 Å². The lowest BCUT2D eigenvalue weighted by Crippen LogP contribution is -2.44. The molecule has 7 heteroatoms. The molecule has 3 aromatic carbocycles. The summed E-state index contributed by atoms with van der Waals surface area (Å²) in [6.07, 6.45) is 6.29. The van der Waals surface area contributed by atoms with Gasteiger partial charge in [0.25, 0.3) is 0 Å². The van der Waals surface area contributed by atoms with Crippen LogP contribution in [0.3, 0.4) is 0 Å². The molecular formula is C28H27FN4O2. The zero-order valence-corrected chi connectivity index (χ0v) is 19.3. The Morgan fingerprint density at radius 1 is 1.06 bits per heavy atom. The number of nitrogens with zero attached hydrogens (tertiary/aromatic N) is 2. The molecule has 1 saturated heterocycles. The highest BCUT2D eigenvalue weighted by molar-refractivity contribution is 5.83. The van der Waals surface area contributed by atoms with Gasteiger partial charge in [0.15, 0.2) is 0 Å². The molecule has 0 aliphatic carbocycles. The maximum Gasteiger partial charge on any atom is 0.220 e. The lowest BCUT2D eigenvalue weighted by Gasteiger charge is -2.29. The van der Waals surface area contributed by atoms with Crippen LogP contribution in [-0.2, 0) is 22.6 Å². The van der Waals surface area contributed by atoms with Gasteiger partial charge in [0.1, 0.15) is 5.82 Å². The Labute approximate surface area is 203 Å². The number of rotatable bonds is 8. The molecule has 2 heterocycles. The summed E-state index contributed by atoms with van der Waals surface area (Å²) in [5.41, 5.74) is 2.34. The molecule has 0 radical (unpaired) electrons. The zero-order chi connectivity index (χ0) is 24.3. The number of aromatic nitrogens is 2. The maximum absolute atomic E-state index is 13.1. The molecule has 1 atom stereocenters. The first-order valence-electron chi connectivity index (χ1n) is 11.8. The minimum absolute atomic E-state index is 0.0411. The Morgan fingerprint density at radius 2 is 1.86 bits per heavy atom. The van der Waals surface area contributed by atoms with E-state index in [4.69, 9.17) is 0 Å². The molecule has 1 fully saturated rings. The fraction of sp³-hybridized carbons (Fsp3) is 0.250. The fourth-order valence-corrected chi connectivity index (χ4v) is 4.75. The van der Waals surface area contributed by atoms with Gasteiger partial charge in [-0.05, 0) is 59.9 Å². The summed E-state index contributed by atoms with van der Waals surface area (Å²) in [5, 5.41) is 12.7. The van der Waals surface area contributed by atoms with Crippen LogP contribution in [0.25, 0.3) is 16.5 Å². The average molecular weight is 471 g/mol. The van der Waals surface area contributed by atoms with Gasteiger partial charge in [0, 0.05) is 36.7 Å². The largest absolute Gasteiger partial charge is 0.352 e. The monoisotopic (exact) mass is 470 g/mol. The predicted molar refractivity (Wildman–Crippen MR) is 132 cm³/mol. The second-order valence-electron chi connectivity index (χ2n) is 9.23. The second-order valence-corrected chi connectivity index (χ2v) is 9.23. The second kappa shape index (κ2) is 9.70. The summed E-state index contributed by atoms with van der Waals surface area (Å²) in [7, 11) is 0. The van der Waals surface area contributed by atoms with E-state index < -0.39 is 5.54 Å². The number of hydrogen-bond donors (Lipinski definition) is 2. The van der Waals surface area contributed by atoms with Crippen molar-refractivity contribution in [3.63, 3.8) is 0 Å². The van der Waals surface area contributed by atoms with Gasteiger partial charge in [-0.1, -0.05) is 42.5 Å². The molecule has 4 aromatic rings. The zero-order valence-electron chi connectivity index (χ0n) is 19.3. The molecule has 2 amide bonds. The number of carbonyl (C=O) groups excluding carboxylic acids is 2. The Bertz CT molecular complexity index is 1360. The van der Waals surface area contributed by atoms with Crippen LogP contribution in [-0.4, -0.2) is 27.1 Å². The van der Waals surface area contributed by atoms with Crippen molar-refractivity contribution >= 4 is 22.6 Å². The topological polar surface area (TPSA) is 76.0 Å². The minimum Gasteiger partial charge on any atom is -0.352 e. The van der Waals surface area contributed by atoms with Crippen molar-refractivity contribution in [1.29, 1.82) is 0 Å². The normalized spacial score (nSPS) is 17.5. The lowest BCUT2D eigenvalue weighted by molar-refractivity contribution is -0.122. The van der Waals surface area contributed by atoms with E-state index >= 15 is 0 Å². The van der Waals surface area contributed by atoms with Gasteiger partial charge in [-0.25, -0.2) is 9.07 Å². The number of halogens is 1. The van der Waals surface area contributed by atoms with E-state index in [1.807, 2.05) is 18.3 Å². The molecule has 0 bridgehead atoms. The van der Waals surface area contributed by atoms with Gasteiger partial charge < -0.3 is 10.6 Å².